The highest BCUT2D eigenvalue weighted by atomic mass is 35.5. The summed E-state index contributed by atoms with van der Waals surface area (Å²) >= 11 is 5.93. The lowest BCUT2D eigenvalue weighted by atomic mass is 10.1. The summed E-state index contributed by atoms with van der Waals surface area (Å²) in [5.41, 5.74) is 0.622. The number of tetrazole rings is 1. The lowest BCUT2D eigenvalue weighted by Crippen LogP contribution is -2.34. The molecule has 1 aromatic carbocycles. The molecule has 23 heavy (non-hydrogen) atoms. The number of rotatable bonds is 5. The van der Waals surface area contributed by atoms with Crippen LogP contribution < -0.4 is 5.69 Å². The van der Waals surface area contributed by atoms with Gasteiger partial charge in [-0.25, -0.2) is 4.79 Å². The molecule has 1 saturated heterocycles. The van der Waals surface area contributed by atoms with Gasteiger partial charge in [0.25, 0.3) is 0 Å². The van der Waals surface area contributed by atoms with Crippen molar-refractivity contribution in [1.29, 1.82) is 0 Å². The Labute approximate surface area is 138 Å². The number of benzene rings is 1. The first kappa shape index (κ1) is 16.2. The van der Waals surface area contributed by atoms with Crippen LogP contribution in [0.4, 0.5) is 0 Å². The standard InChI is InChI=1S/C15H19ClN4O3/c16-12-3-1-2-11(8-12)9-14(21)10-19-15(22)20(18-17-19)13-4-6-23-7-5-13/h1-3,8,13-14,21H,4-7,9-10H2. The molecule has 2 heterocycles. The molecule has 7 nitrogen and oxygen atoms in total. The molecule has 0 amide bonds. The molecule has 1 N–H and O–H groups in total. The number of hydrogen-bond acceptors (Lipinski definition) is 5. The van der Waals surface area contributed by atoms with Gasteiger partial charge in [0.05, 0.1) is 18.7 Å². The number of ether oxygens (including phenoxy) is 1. The molecule has 0 bridgehead atoms. The number of nitrogens with zero attached hydrogens (tertiary/aromatic N) is 4. The van der Waals surface area contributed by atoms with Crippen molar-refractivity contribution in [3.05, 3.63) is 45.3 Å². The SMILES string of the molecule is O=c1n(CC(O)Cc2cccc(Cl)c2)nnn1C1CCOCC1. The summed E-state index contributed by atoms with van der Waals surface area (Å²) in [6.07, 6.45) is 1.18. The van der Waals surface area contributed by atoms with E-state index in [1.807, 2.05) is 12.1 Å². The van der Waals surface area contributed by atoms with Crippen molar-refractivity contribution in [3.63, 3.8) is 0 Å². The predicted octanol–water partition coefficient (Wildman–Crippen LogP) is 1.05. The number of halogens is 1. The van der Waals surface area contributed by atoms with Crippen molar-refractivity contribution in [2.24, 2.45) is 0 Å². The molecule has 3 rings (SSSR count). The van der Waals surface area contributed by atoms with Gasteiger partial charge in [-0.1, -0.05) is 23.7 Å². The molecule has 0 saturated carbocycles. The van der Waals surface area contributed by atoms with Crippen molar-refractivity contribution in [1.82, 2.24) is 19.8 Å². The quantitative estimate of drug-likeness (QED) is 0.881. The fourth-order valence-electron chi connectivity index (χ4n) is 2.76. The van der Waals surface area contributed by atoms with Gasteiger partial charge < -0.3 is 9.84 Å². The molecule has 8 heteroatoms. The van der Waals surface area contributed by atoms with Crippen LogP contribution in [0.25, 0.3) is 0 Å². The maximum Gasteiger partial charge on any atom is 0.364 e. The first-order valence-corrected chi connectivity index (χ1v) is 8.04. The number of aliphatic hydroxyl groups is 1. The molecule has 1 atom stereocenters. The van der Waals surface area contributed by atoms with Crippen molar-refractivity contribution < 1.29 is 9.84 Å². The normalized spacial score (nSPS) is 17.3. The lowest BCUT2D eigenvalue weighted by molar-refractivity contribution is 0.0646. The van der Waals surface area contributed by atoms with Crippen LogP contribution in [-0.2, 0) is 17.7 Å². The smallest absolute Gasteiger partial charge is 0.364 e. The lowest BCUT2D eigenvalue weighted by Gasteiger charge is -2.20. The second-order valence-electron chi connectivity index (χ2n) is 5.72. The van der Waals surface area contributed by atoms with E-state index >= 15 is 0 Å². The van der Waals surface area contributed by atoms with E-state index in [0.717, 1.165) is 18.4 Å². The highest BCUT2D eigenvalue weighted by molar-refractivity contribution is 6.30. The first-order valence-electron chi connectivity index (χ1n) is 7.66. The third kappa shape index (κ3) is 3.99. The van der Waals surface area contributed by atoms with Crippen LogP contribution in [0.1, 0.15) is 24.4 Å². The van der Waals surface area contributed by atoms with Gasteiger partial charge in [-0.05, 0) is 41.0 Å². The van der Waals surface area contributed by atoms with Gasteiger partial charge in [-0.15, -0.1) is 0 Å². The van der Waals surface area contributed by atoms with Gasteiger partial charge in [0.1, 0.15) is 0 Å². The number of hydrogen-bond donors (Lipinski definition) is 1. The van der Waals surface area contributed by atoms with Gasteiger partial charge >= 0.3 is 5.69 Å². The molecule has 0 radical (unpaired) electrons. The maximum atomic E-state index is 12.3. The Morgan fingerprint density at radius 1 is 1.35 bits per heavy atom. The minimum Gasteiger partial charge on any atom is -0.391 e. The topological polar surface area (TPSA) is 82.2 Å². The molecule has 1 aliphatic heterocycles. The number of aromatic nitrogens is 4. The molecular formula is C15H19ClN4O3. The summed E-state index contributed by atoms with van der Waals surface area (Å²) in [6.45, 7) is 1.36. The van der Waals surface area contributed by atoms with Crippen molar-refractivity contribution in [2.75, 3.05) is 13.2 Å². The summed E-state index contributed by atoms with van der Waals surface area (Å²) in [4.78, 5) is 12.3. The average Bonchev–Trinajstić information content (AvgIpc) is 2.89. The van der Waals surface area contributed by atoms with E-state index in [1.54, 1.807) is 12.1 Å². The molecular weight excluding hydrogens is 320 g/mol. The van der Waals surface area contributed by atoms with Crippen molar-refractivity contribution in [2.45, 2.75) is 38.0 Å². The molecule has 0 aliphatic carbocycles. The van der Waals surface area contributed by atoms with E-state index in [4.69, 9.17) is 16.3 Å². The molecule has 1 aliphatic rings. The molecule has 1 unspecified atom stereocenters. The molecule has 0 spiro atoms. The molecule has 1 aromatic heterocycles. The Kier molecular flexibility index (Phi) is 5.09. The van der Waals surface area contributed by atoms with E-state index in [0.29, 0.717) is 24.7 Å². The zero-order valence-electron chi connectivity index (χ0n) is 12.6. The Hall–Kier alpha value is -1.70. The Bertz CT molecular complexity index is 709. The molecule has 1 fully saturated rings. The summed E-state index contributed by atoms with van der Waals surface area (Å²) in [5.74, 6) is 0. The maximum absolute atomic E-state index is 12.3. The Balaban J connectivity index is 1.65. The fraction of sp³-hybridized carbons (Fsp3) is 0.533. The van der Waals surface area contributed by atoms with Crippen LogP contribution in [-0.4, -0.2) is 44.2 Å². The fourth-order valence-corrected chi connectivity index (χ4v) is 2.97. The van der Waals surface area contributed by atoms with Gasteiger partial charge in [-0.2, -0.15) is 9.36 Å². The zero-order valence-corrected chi connectivity index (χ0v) is 13.4. The van der Waals surface area contributed by atoms with Crippen LogP contribution in [0.3, 0.4) is 0 Å². The summed E-state index contributed by atoms with van der Waals surface area (Å²) in [5, 5.41) is 18.6. The Morgan fingerprint density at radius 3 is 2.87 bits per heavy atom. The van der Waals surface area contributed by atoms with E-state index < -0.39 is 6.10 Å². The number of aliphatic hydroxyl groups excluding tert-OH is 1. The van der Waals surface area contributed by atoms with Crippen LogP contribution in [0, 0.1) is 0 Å². The van der Waals surface area contributed by atoms with Gasteiger partial charge in [-0.3, -0.25) is 0 Å². The minimum absolute atomic E-state index is 0.0232. The summed E-state index contributed by atoms with van der Waals surface area (Å²) in [7, 11) is 0. The second kappa shape index (κ2) is 7.25. The highest BCUT2D eigenvalue weighted by Gasteiger charge is 2.21. The largest absolute Gasteiger partial charge is 0.391 e. The van der Waals surface area contributed by atoms with E-state index in [9.17, 15) is 9.90 Å². The van der Waals surface area contributed by atoms with E-state index in [1.165, 1.54) is 9.36 Å². The third-order valence-corrected chi connectivity index (χ3v) is 4.18. The first-order chi connectivity index (χ1) is 11.1. The van der Waals surface area contributed by atoms with E-state index in [2.05, 4.69) is 10.4 Å². The van der Waals surface area contributed by atoms with E-state index in [-0.39, 0.29) is 18.3 Å². The molecule has 124 valence electrons. The van der Waals surface area contributed by atoms with Gasteiger partial charge in [0.2, 0.25) is 0 Å². The minimum atomic E-state index is -0.731. The van der Waals surface area contributed by atoms with Crippen LogP contribution in [0.2, 0.25) is 5.02 Å². The summed E-state index contributed by atoms with van der Waals surface area (Å²) in [6, 6.07) is 7.32. The van der Waals surface area contributed by atoms with Crippen LogP contribution in [0.5, 0.6) is 0 Å². The van der Waals surface area contributed by atoms with Gasteiger partial charge in [0, 0.05) is 24.7 Å². The third-order valence-electron chi connectivity index (χ3n) is 3.94. The van der Waals surface area contributed by atoms with Crippen LogP contribution >= 0.6 is 11.6 Å². The summed E-state index contributed by atoms with van der Waals surface area (Å²) < 4.78 is 7.90. The van der Waals surface area contributed by atoms with Crippen molar-refractivity contribution in [3.8, 4) is 0 Å². The monoisotopic (exact) mass is 338 g/mol. The molecule has 2 aromatic rings. The average molecular weight is 339 g/mol. The Morgan fingerprint density at radius 2 is 2.13 bits per heavy atom. The van der Waals surface area contributed by atoms with Crippen molar-refractivity contribution >= 4 is 11.6 Å². The zero-order chi connectivity index (χ0) is 16.2. The second-order valence-corrected chi connectivity index (χ2v) is 6.16. The predicted molar refractivity (Wildman–Crippen MR) is 84.5 cm³/mol. The van der Waals surface area contributed by atoms with Gasteiger partial charge in [0.15, 0.2) is 0 Å². The van der Waals surface area contributed by atoms with Crippen LogP contribution in [0.15, 0.2) is 29.1 Å². The highest BCUT2D eigenvalue weighted by Crippen LogP contribution is 2.17.